The molecule has 3 heterocycles. The van der Waals surface area contributed by atoms with Crippen molar-refractivity contribution in [3.8, 4) is 11.4 Å². The van der Waals surface area contributed by atoms with Crippen molar-refractivity contribution in [3.05, 3.63) is 188 Å². The van der Waals surface area contributed by atoms with E-state index in [0.29, 0.717) is 0 Å². The standard InChI is InChI=1S/C48H31N3S/c1-2-12-32(13-3-1)49(33-22-24-34(25-23-33)50-43-18-8-4-14-37(43)38-15-5-9-19-44(38)50)36-26-28-40-39-16-6-10-20-45(39)51(46(40)31-36)35-27-29-48-42(30-35)41-17-7-11-21-47(41)52-48/h1-31H. The first kappa shape index (κ1) is 29.1. The lowest BCUT2D eigenvalue weighted by atomic mass is 10.1. The molecule has 4 heteroatoms. The van der Waals surface area contributed by atoms with E-state index in [-0.39, 0.29) is 0 Å². The number of fused-ring (bicyclic) bond motifs is 9. The molecule has 0 fully saturated rings. The molecule has 0 aliphatic rings. The minimum atomic E-state index is 1.10. The summed E-state index contributed by atoms with van der Waals surface area (Å²) in [5, 5.41) is 7.64. The molecule has 0 saturated heterocycles. The fraction of sp³-hybridized carbons (Fsp3) is 0. The van der Waals surface area contributed by atoms with E-state index in [1.165, 1.54) is 69.5 Å². The van der Waals surface area contributed by atoms with E-state index in [0.717, 1.165) is 22.7 Å². The van der Waals surface area contributed by atoms with Gasteiger partial charge in [0.05, 0.1) is 22.1 Å². The van der Waals surface area contributed by atoms with E-state index < -0.39 is 0 Å². The zero-order valence-corrected chi connectivity index (χ0v) is 29.0. The van der Waals surface area contributed by atoms with Crippen LogP contribution in [0, 0.1) is 0 Å². The van der Waals surface area contributed by atoms with Gasteiger partial charge in [-0.15, -0.1) is 11.3 Å². The van der Waals surface area contributed by atoms with Crippen LogP contribution < -0.4 is 4.90 Å². The largest absolute Gasteiger partial charge is 0.310 e. The van der Waals surface area contributed by atoms with Crippen LogP contribution in [0.1, 0.15) is 0 Å². The van der Waals surface area contributed by atoms with Crippen LogP contribution in [0.5, 0.6) is 0 Å². The van der Waals surface area contributed by atoms with E-state index in [1.807, 2.05) is 11.3 Å². The minimum Gasteiger partial charge on any atom is -0.310 e. The second-order valence-corrected chi connectivity index (χ2v) is 14.5. The molecular formula is C48H31N3S. The molecule has 0 amide bonds. The summed E-state index contributed by atoms with van der Waals surface area (Å²) in [4.78, 5) is 2.37. The van der Waals surface area contributed by atoms with Gasteiger partial charge in [-0.2, -0.15) is 0 Å². The fourth-order valence-electron chi connectivity index (χ4n) is 8.21. The van der Waals surface area contributed by atoms with Crippen molar-refractivity contribution >= 4 is 92.2 Å². The average molecular weight is 682 g/mol. The van der Waals surface area contributed by atoms with Gasteiger partial charge >= 0.3 is 0 Å². The number of aromatic nitrogens is 2. The Hall–Kier alpha value is -6.62. The van der Waals surface area contributed by atoms with Crippen LogP contribution in [0.4, 0.5) is 17.1 Å². The highest BCUT2D eigenvalue weighted by molar-refractivity contribution is 7.25. The maximum Gasteiger partial charge on any atom is 0.0561 e. The quantitative estimate of drug-likeness (QED) is 0.176. The van der Waals surface area contributed by atoms with Gasteiger partial charge in [-0.3, -0.25) is 0 Å². The highest BCUT2D eigenvalue weighted by Gasteiger charge is 2.19. The van der Waals surface area contributed by atoms with Crippen molar-refractivity contribution in [1.29, 1.82) is 0 Å². The summed E-state index contributed by atoms with van der Waals surface area (Å²) in [6.07, 6.45) is 0. The van der Waals surface area contributed by atoms with Crippen molar-refractivity contribution in [3.63, 3.8) is 0 Å². The second-order valence-electron chi connectivity index (χ2n) is 13.4. The van der Waals surface area contributed by atoms with Gasteiger partial charge in [-0.05, 0) is 91.0 Å². The van der Waals surface area contributed by atoms with Crippen molar-refractivity contribution in [1.82, 2.24) is 9.13 Å². The van der Waals surface area contributed by atoms with Crippen LogP contribution in [-0.4, -0.2) is 9.13 Å². The Kier molecular flexibility index (Phi) is 6.42. The zero-order chi connectivity index (χ0) is 34.2. The van der Waals surface area contributed by atoms with Crippen LogP contribution in [0.3, 0.4) is 0 Å². The van der Waals surface area contributed by atoms with Gasteiger partial charge in [-0.1, -0.05) is 97.1 Å². The fourth-order valence-corrected chi connectivity index (χ4v) is 9.29. The molecule has 0 radical (unpaired) electrons. The molecule has 0 unspecified atom stereocenters. The molecule has 11 aromatic rings. The van der Waals surface area contributed by atoms with Gasteiger partial charge in [0.1, 0.15) is 0 Å². The number of hydrogen-bond donors (Lipinski definition) is 0. The van der Waals surface area contributed by atoms with Crippen LogP contribution in [-0.2, 0) is 0 Å². The Bertz CT molecular complexity index is 3080. The Morgan fingerprint density at radius 1 is 0.308 bits per heavy atom. The summed E-state index contributed by atoms with van der Waals surface area (Å²) < 4.78 is 7.45. The van der Waals surface area contributed by atoms with Crippen molar-refractivity contribution in [2.75, 3.05) is 4.90 Å². The summed E-state index contributed by atoms with van der Waals surface area (Å²) in [5.41, 5.74) is 10.4. The summed E-state index contributed by atoms with van der Waals surface area (Å²) in [6.45, 7) is 0. The molecule has 0 aliphatic heterocycles. The number of thiophene rings is 1. The lowest BCUT2D eigenvalue weighted by Gasteiger charge is -2.26. The lowest BCUT2D eigenvalue weighted by Crippen LogP contribution is -2.10. The monoisotopic (exact) mass is 681 g/mol. The van der Waals surface area contributed by atoms with E-state index in [1.54, 1.807) is 0 Å². The van der Waals surface area contributed by atoms with Gasteiger partial charge in [0.15, 0.2) is 0 Å². The smallest absolute Gasteiger partial charge is 0.0561 e. The topological polar surface area (TPSA) is 13.1 Å². The summed E-state index contributed by atoms with van der Waals surface area (Å²) in [5.74, 6) is 0. The predicted molar refractivity (Wildman–Crippen MR) is 223 cm³/mol. The maximum atomic E-state index is 2.44. The first-order chi connectivity index (χ1) is 25.8. The molecule has 0 aliphatic carbocycles. The summed E-state index contributed by atoms with van der Waals surface area (Å²) in [7, 11) is 0. The van der Waals surface area contributed by atoms with Crippen LogP contribution in [0.25, 0.3) is 75.2 Å². The molecule has 0 saturated carbocycles. The van der Waals surface area contributed by atoms with E-state index >= 15 is 0 Å². The molecular weight excluding hydrogens is 651 g/mol. The van der Waals surface area contributed by atoms with Crippen molar-refractivity contribution in [2.24, 2.45) is 0 Å². The minimum absolute atomic E-state index is 1.10. The van der Waals surface area contributed by atoms with Gasteiger partial charge in [0.2, 0.25) is 0 Å². The number of rotatable bonds is 5. The maximum absolute atomic E-state index is 2.44. The molecule has 3 nitrogen and oxygen atoms in total. The summed E-state index contributed by atoms with van der Waals surface area (Å²) >= 11 is 1.86. The SMILES string of the molecule is c1ccc(N(c2ccc(-n3c4ccccc4c4ccccc43)cc2)c2ccc3c4ccccc4n(-c4ccc5sc6ccccc6c5c4)c3c2)cc1. The van der Waals surface area contributed by atoms with Crippen LogP contribution in [0.2, 0.25) is 0 Å². The molecule has 52 heavy (non-hydrogen) atoms. The third-order valence-electron chi connectivity index (χ3n) is 10.5. The van der Waals surface area contributed by atoms with E-state index in [4.69, 9.17) is 0 Å². The Morgan fingerprint density at radius 2 is 0.788 bits per heavy atom. The molecule has 11 rings (SSSR count). The van der Waals surface area contributed by atoms with Crippen molar-refractivity contribution < 1.29 is 0 Å². The molecule has 3 aromatic heterocycles. The molecule has 0 N–H and O–H groups in total. The number of anilines is 3. The molecule has 244 valence electrons. The Morgan fingerprint density at radius 3 is 1.46 bits per heavy atom. The van der Waals surface area contributed by atoms with E-state index in [9.17, 15) is 0 Å². The lowest BCUT2D eigenvalue weighted by molar-refractivity contribution is 1.17. The Balaban J connectivity index is 1.10. The first-order valence-corrected chi connectivity index (χ1v) is 18.5. The first-order valence-electron chi connectivity index (χ1n) is 17.7. The number of para-hydroxylation sites is 4. The highest BCUT2D eigenvalue weighted by atomic mass is 32.1. The highest BCUT2D eigenvalue weighted by Crippen LogP contribution is 2.42. The van der Waals surface area contributed by atoms with E-state index in [2.05, 4.69) is 202 Å². The second kappa shape index (κ2) is 11.5. The Labute approximate surface area is 304 Å². The number of hydrogen-bond acceptors (Lipinski definition) is 2. The van der Waals surface area contributed by atoms with Gasteiger partial charge in [0.25, 0.3) is 0 Å². The third-order valence-corrected chi connectivity index (χ3v) is 11.6. The third kappa shape index (κ3) is 4.38. The van der Waals surface area contributed by atoms with Gasteiger partial charge in [-0.25, -0.2) is 0 Å². The molecule has 0 spiro atoms. The van der Waals surface area contributed by atoms with Gasteiger partial charge < -0.3 is 14.0 Å². The number of benzene rings is 8. The summed E-state index contributed by atoms with van der Waals surface area (Å²) in [6, 6.07) is 68.4. The molecule has 0 atom stereocenters. The van der Waals surface area contributed by atoms with Crippen LogP contribution >= 0.6 is 11.3 Å². The normalized spacial score (nSPS) is 11.8. The number of nitrogens with zero attached hydrogens (tertiary/aromatic N) is 3. The average Bonchev–Trinajstić information content (AvgIpc) is 3.86. The predicted octanol–water partition coefficient (Wildman–Crippen LogP) is 13.7. The molecule has 0 bridgehead atoms. The molecule has 8 aromatic carbocycles. The van der Waals surface area contributed by atoms with Crippen molar-refractivity contribution in [2.45, 2.75) is 0 Å². The van der Waals surface area contributed by atoms with Gasteiger partial charge in [0, 0.05) is 70.2 Å². The van der Waals surface area contributed by atoms with Crippen LogP contribution in [0.15, 0.2) is 188 Å². The zero-order valence-electron chi connectivity index (χ0n) is 28.1.